The highest BCUT2D eigenvalue weighted by atomic mass is 16.1. The minimum atomic E-state index is 0.106. The van der Waals surface area contributed by atoms with Gasteiger partial charge in [-0.15, -0.1) is 6.58 Å². The van der Waals surface area contributed by atoms with Gasteiger partial charge in [0.2, 0.25) is 0 Å². The Bertz CT molecular complexity index is 204. The van der Waals surface area contributed by atoms with Crippen molar-refractivity contribution in [2.24, 2.45) is 5.92 Å². The van der Waals surface area contributed by atoms with Crippen molar-refractivity contribution < 1.29 is 9.59 Å². The molecule has 1 rings (SSSR count). The van der Waals surface area contributed by atoms with Crippen molar-refractivity contribution in [3.8, 4) is 0 Å². The quantitative estimate of drug-likeness (QED) is 0.474. The Morgan fingerprint density at radius 3 is 2.83 bits per heavy atom. The molecule has 1 aliphatic rings. The van der Waals surface area contributed by atoms with Crippen LogP contribution < -0.4 is 0 Å². The van der Waals surface area contributed by atoms with Gasteiger partial charge in [0, 0.05) is 12.3 Å². The lowest BCUT2D eigenvalue weighted by molar-refractivity contribution is -0.132. The van der Waals surface area contributed by atoms with Crippen molar-refractivity contribution in [2.45, 2.75) is 32.1 Å². The van der Waals surface area contributed by atoms with E-state index in [-0.39, 0.29) is 23.9 Å². The Morgan fingerprint density at radius 1 is 1.50 bits per heavy atom. The third-order valence-corrected chi connectivity index (χ3v) is 2.32. The molecule has 0 spiro atoms. The smallest absolute Gasteiger partial charge is 0.143 e. The fourth-order valence-electron chi connectivity index (χ4n) is 1.55. The van der Waals surface area contributed by atoms with Gasteiger partial charge >= 0.3 is 0 Å². The van der Waals surface area contributed by atoms with Crippen LogP contribution in [0, 0.1) is 5.92 Å². The van der Waals surface area contributed by atoms with Crippen molar-refractivity contribution >= 4 is 11.6 Å². The first-order valence-corrected chi connectivity index (χ1v) is 4.39. The summed E-state index contributed by atoms with van der Waals surface area (Å²) in [6, 6.07) is 0. The highest BCUT2D eigenvalue weighted by Gasteiger charge is 2.25. The van der Waals surface area contributed by atoms with Crippen LogP contribution >= 0.6 is 0 Å². The zero-order valence-corrected chi connectivity index (χ0v) is 7.21. The van der Waals surface area contributed by atoms with Gasteiger partial charge in [-0.25, -0.2) is 0 Å². The van der Waals surface area contributed by atoms with Gasteiger partial charge in [-0.2, -0.15) is 0 Å². The molecule has 1 aliphatic carbocycles. The third-order valence-electron chi connectivity index (χ3n) is 2.32. The lowest BCUT2D eigenvalue weighted by atomic mass is 9.84. The number of ketones is 2. The first-order valence-electron chi connectivity index (χ1n) is 4.39. The average Bonchev–Trinajstić information content (AvgIpc) is 2.03. The molecule has 0 aromatic carbocycles. The molecule has 1 fully saturated rings. The minimum absolute atomic E-state index is 0.106. The second kappa shape index (κ2) is 4.19. The predicted molar refractivity (Wildman–Crippen MR) is 46.8 cm³/mol. The lowest BCUT2D eigenvalue weighted by Gasteiger charge is -2.18. The minimum Gasteiger partial charge on any atom is -0.299 e. The van der Waals surface area contributed by atoms with Gasteiger partial charge in [0.1, 0.15) is 11.6 Å². The summed E-state index contributed by atoms with van der Waals surface area (Å²) in [4.78, 5) is 22.1. The fourth-order valence-corrected chi connectivity index (χ4v) is 1.55. The Balaban J connectivity index is 2.39. The lowest BCUT2D eigenvalue weighted by Crippen LogP contribution is -2.24. The number of allylic oxidation sites excluding steroid dienone is 1. The molecule has 0 bridgehead atoms. The van der Waals surface area contributed by atoms with Crippen molar-refractivity contribution in [3.63, 3.8) is 0 Å². The molecular weight excluding hydrogens is 152 g/mol. The van der Waals surface area contributed by atoms with Crippen molar-refractivity contribution in [1.29, 1.82) is 0 Å². The summed E-state index contributed by atoms with van der Waals surface area (Å²) in [5.74, 6) is 0.364. The van der Waals surface area contributed by atoms with Gasteiger partial charge in [-0.1, -0.05) is 6.08 Å². The topological polar surface area (TPSA) is 34.1 Å². The van der Waals surface area contributed by atoms with Gasteiger partial charge in [-0.3, -0.25) is 9.59 Å². The summed E-state index contributed by atoms with van der Waals surface area (Å²) in [5.41, 5.74) is 0. The standard InChI is InChI=1S/C10H14O2/c1-2-3-4-8-5-6-9(11)7-10(8)12/h2,8H,1,3-7H2. The number of Topliss-reactive ketones (excluding diaryl/α,β-unsaturated/α-hetero) is 2. The van der Waals surface area contributed by atoms with E-state index in [0.717, 1.165) is 19.3 Å². The first-order chi connectivity index (χ1) is 5.74. The van der Waals surface area contributed by atoms with Crippen LogP contribution in [0.5, 0.6) is 0 Å². The van der Waals surface area contributed by atoms with E-state index in [4.69, 9.17) is 0 Å². The van der Waals surface area contributed by atoms with Crippen LogP contribution in [0.1, 0.15) is 32.1 Å². The van der Waals surface area contributed by atoms with E-state index in [9.17, 15) is 9.59 Å². The highest BCUT2D eigenvalue weighted by molar-refractivity contribution is 6.02. The molecule has 2 heteroatoms. The van der Waals surface area contributed by atoms with Gasteiger partial charge < -0.3 is 0 Å². The summed E-state index contributed by atoms with van der Waals surface area (Å²) in [5, 5.41) is 0. The molecule has 0 heterocycles. The van der Waals surface area contributed by atoms with E-state index in [2.05, 4.69) is 6.58 Å². The Labute approximate surface area is 72.7 Å². The second-order valence-electron chi connectivity index (χ2n) is 3.28. The van der Waals surface area contributed by atoms with Crippen LogP contribution in [0.2, 0.25) is 0 Å². The number of carbonyl (C=O) groups is 2. The fraction of sp³-hybridized carbons (Fsp3) is 0.600. The van der Waals surface area contributed by atoms with Crippen molar-refractivity contribution in [1.82, 2.24) is 0 Å². The molecule has 2 nitrogen and oxygen atoms in total. The molecule has 1 atom stereocenters. The molecule has 0 aliphatic heterocycles. The van der Waals surface area contributed by atoms with Gasteiger partial charge in [0.05, 0.1) is 6.42 Å². The van der Waals surface area contributed by atoms with Crippen molar-refractivity contribution in [2.75, 3.05) is 0 Å². The molecule has 0 saturated heterocycles. The Morgan fingerprint density at radius 2 is 2.25 bits per heavy atom. The van der Waals surface area contributed by atoms with Gasteiger partial charge in [0.15, 0.2) is 0 Å². The summed E-state index contributed by atoms with van der Waals surface area (Å²) >= 11 is 0. The second-order valence-corrected chi connectivity index (χ2v) is 3.28. The highest BCUT2D eigenvalue weighted by Crippen LogP contribution is 2.22. The maximum absolute atomic E-state index is 11.3. The van der Waals surface area contributed by atoms with E-state index < -0.39 is 0 Å². The van der Waals surface area contributed by atoms with Gasteiger partial charge in [0.25, 0.3) is 0 Å². The van der Waals surface area contributed by atoms with E-state index in [1.165, 1.54) is 0 Å². The molecule has 0 radical (unpaired) electrons. The maximum Gasteiger partial charge on any atom is 0.143 e. The van der Waals surface area contributed by atoms with E-state index in [1.807, 2.05) is 6.08 Å². The molecular formula is C10H14O2. The monoisotopic (exact) mass is 166 g/mol. The number of rotatable bonds is 3. The number of carbonyl (C=O) groups excluding carboxylic acids is 2. The molecule has 1 saturated carbocycles. The summed E-state index contributed by atoms with van der Waals surface area (Å²) < 4.78 is 0. The largest absolute Gasteiger partial charge is 0.299 e. The number of hydrogen-bond donors (Lipinski definition) is 0. The Kier molecular flexibility index (Phi) is 3.20. The van der Waals surface area contributed by atoms with E-state index in [0.29, 0.717) is 6.42 Å². The zero-order valence-electron chi connectivity index (χ0n) is 7.21. The van der Waals surface area contributed by atoms with Crippen molar-refractivity contribution in [3.05, 3.63) is 12.7 Å². The third kappa shape index (κ3) is 2.29. The first kappa shape index (κ1) is 9.17. The molecule has 0 aromatic heterocycles. The maximum atomic E-state index is 11.3. The van der Waals surface area contributed by atoms with Gasteiger partial charge in [-0.05, 0) is 19.3 Å². The molecule has 0 amide bonds. The zero-order chi connectivity index (χ0) is 8.97. The molecule has 12 heavy (non-hydrogen) atoms. The number of hydrogen-bond acceptors (Lipinski definition) is 2. The predicted octanol–water partition coefficient (Wildman–Crippen LogP) is 1.89. The summed E-state index contributed by atoms with van der Waals surface area (Å²) in [6.07, 6.45) is 5.09. The van der Waals surface area contributed by atoms with E-state index >= 15 is 0 Å². The SMILES string of the molecule is C=CCCC1CCC(=O)CC1=O. The van der Waals surface area contributed by atoms with Crippen LogP contribution in [-0.2, 0) is 9.59 Å². The average molecular weight is 166 g/mol. The molecule has 0 aromatic rings. The summed E-state index contributed by atoms with van der Waals surface area (Å²) in [7, 11) is 0. The molecule has 1 unspecified atom stereocenters. The van der Waals surface area contributed by atoms with Crippen LogP contribution in [0.25, 0.3) is 0 Å². The van der Waals surface area contributed by atoms with Crippen LogP contribution in [0.3, 0.4) is 0 Å². The molecule has 66 valence electrons. The van der Waals surface area contributed by atoms with Crippen LogP contribution in [0.15, 0.2) is 12.7 Å². The normalized spacial score (nSPS) is 24.2. The van der Waals surface area contributed by atoms with E-state index in [1.54, 1.807) is 0 Å². The van der Waals surface area contributed by atoms with Crippen LogP contribution in [-0.4, -0.2) is 11.6 Å². The molecule has 0 N–H and O–H groups in total. The van der Waals surface area contributed by atoms with Crippen LogP contribution in [0.4, 0.5) is 0 Å². The Hall–Kier alpha value is -0.920. The summed E-state index contributed by atoms with van der Waals surface area (Å²) in [6.45, 7) is 3.61.